The SMILES string of the molecule is O=S(=O)([O-])[O-].O=S([O-])[O-].[Ca+2].[Ca+2]. The predicted octanol–water partition coefficient (Wildman–Crippen LogP) is -3.10. The van der Waals surface area contributed by atoms with Crippen molar-refractivity contribution in [1.82, 2.24) is 0 Å². The van der Waals surface area contributed by atoms with Crippen LogP contribution in [-0.4, -0.2) is 106 Å². The van der Waals surface area contributed by atoms with E-state index < -0.39 is 21.8 Å². The van der Waals surface area contributed by atoms with Gasteiger partial charge in [-0.3, -0.25) is 12.6 Å². The predicted molar refractivity (Wildman–Crippen MR) is 31.7 cm³/mol. The summed E-state index contributed by atoms with van der Waals surface area (Å²) in [5.41, 5.74) is 0. The van der Waals surface area contributed by atoms with E-state index in [9.17, 15) is 0 Å². The number of rotatable bonds is 0. The van der Waals surface area contributed by atoms with Crippen molar-refractivity contribution < 1.29 is 30.8 Å². The second-order valence-corrected chi connectivity index (χ2v) is 1.84. The van der Waals surface area contributed by atoms with Gasteiger partial charge >= 0.3 is 75.5 Å². The van der Waals surface area contributed by atoms with Crippen LogP contribution >= 0.6 is 0 Å². The zero-order valence-electron chi connectivity index (χ0n) is 5.09. The molecule has 0 aliphatic heterocycles. The molecule has 0 fully saturated rings. The van der Waals surface area contributed by atoms with E-state index >= 15 is 0 Å². The van der Waals surface area contributed by atoms with Crippen molar-refractivity contribution in [3.63, 3.8) is 0 Å². The Morgan fingerprint density at radius 1 is 1.00 bits per heavy atom. The largest absolute Gasteiger partial charge is 2.00 e. The third-order valence-electron chi connectivity index (χ3n) is 0. The van der Waals surface area contributed by atoms with Crippen molar-refractivity contribution in [2.75, 3.05) is 0 Å². The van der Waals surface area contributed by atoms with Gasteiger partial charge in [-0.25, -0.2) is 0 Å². The van der Waals surface area contributed by atoms with Gasteiger partial charge in [0.15, 0.2) is 0 Å². The molecule has 0 aliphatic rings. The Labute approximate surface area is 126 Å². The zero-order chi connectivity index (χ0) is 8.08. The standard InChI is InChI=1S/2Ca.H2O4S.H2O3S/c;;1-5(2,3)4;1-4(2)3/h;;(H2,1,2,3,4);(H2,1,2,3)/q2*+2;;/p-4. The molecule has 0 spiro atoms. The first-order valence-electron chi connectivity index (χ1n) is 1.17. The molecule has 0 saturated carbocycles. The Bertz CT molecular complexity index is 157. The molecule has 7 nitrogen and oxygen atoms in total. The van der Waals surface area contributed by atoms with E-state index in [0.29, 0.717) is 0 Å². The monoisotopic (exact) mass is 256 g/mol. The summed E-state index contributed by atoms with van der Waals surface area (Å²) >= 11 is -3.11. The Kier molecular flexibility index (Phi) is 26.4. The summed E-state index contributed by atoms with van der Waals surface area (Å²) in [6, 6.07) is 0. The van der Waals surface area contributed by atoms with Gasteiger partial charge in [-0.2, -0.15) is 0 Å². The molecule has 0 bridgehead atoms. The molecule has 0 amide bonds. The van der Waals surface area contributed by atoms with Gasteiger partial charge in [0.05, 0.1) is 0 Å². The van der Waals surface area contributed by atoms with E-state index in [4.69, 9.17) is 30.8 Å². The Morgan fingerprint density at radius 2 is 1.00 bits per heavy atom. The van der Waals surface area contributed by atoms with Crippen LogP contribution in [0.15, 0.2) is 0 Å². The fourth-order valence-corrected chi connectivity index (χ4v) is 0. The average Bonchev–Trinajstić information content (AvgIpc) is 1.19. The molecule has 0 saturated heterocycles. The molecular formula is Ca2O7S2. The van der Waals surface area contributed by atoms with Crippen LogP contribution in [0.25, 0.3) is 0 Å². The first-order valence-corrected chi connectivity index (χ1v) is 3.50. The van der Waals surface area contributed by atoms with Crippen molar-refractivity contribution in [3.05, 3.63) is 0 Å². The smallest absolute Gasteiger partial charge is 0.784 e. The molecule has 11 heteroatoms. The minimum atomic E-state index is -5.17. The van der Waals surface area contributed by atoms with Gasteiger partial charge in [-0.1, -0.05) is 0 Å². The second-order valence-electron chi connectivity index (χ2n) is 0.612. The Hall–Kier alpha value is 2.46. The quantitative estimate of drug-likeness (QED) is 0.193. The van der Waals surface area contributed by atoms with Crippen LogP contribution in [0.2, 0.25) is 0 Å². The van der Waals surface area contributed by atoms with Crippen LogP contribution in [0.3, 0.4) is 0 Å². The topological polar surface area (TPSA) is 143 Å². The maximum atomic E-state index is 8.52. The molecule has 11 heavy (non-hydrogen) atoms. The molecule has 0 radical (unpaired) electrons. The van der Waals surface area contributed by atoms with Crippen molar-refractivity contribution in [2.45, 2.75) is 0 Å². The van der Waals surface area contributed by atoms with E-state index in [2.05, 4.69) is 0 Å². The second kappa shape index (κ2) is 12.5. The maximum Gasteiger partial charge on any atom is 2.00 e. The van der Waals surface area contributed by atoms with Gasteiger partial charge in [0.2, 0.25) is 0 Å². The molecule has 0 unspecified atom stereocenters. The number of hydrogen-bond acceptors (Lipinski definition) is 7. The van der Waals surface area contributed by atoms with E-state index in [-0.39, 0.29) is 75.5 Å². The molecule has 0 N–H and O–H groups in total. The van der Waals surface area contributed by atoms with Crippen LogP contribution in [-0.2, 0) is 21.8 Å². The molecule has 0 heterocycles. The molecule has 0 aromatic rings. The minimum Gasteiger partial charge on any atom is -0.784 e. The average molecular weight is 256 g/mol. The van der Waals surface area contributed by atoms with Crippen molar-refractivity contribution in [2.24, 2.45) is 0 Å². The fraction of sp³-hybridized carbons (Fsp3) is 0. The Balaban J connectivity index is -0.0000000383. The van der Waals surface area contributed by atoms with Crippen LogP contribution in [0.4, 0.5) is 0 Å². The third-order valence-corrected chi connectivity index (χ3v) is 0. The van der Waals surface area contributed by atoms with Gasteiger partial charge < -0.3 is 18.2 Å². The van der Waals surface area contributed by atoms with Crippen LogP contribution in [0.5, 0.6) is 0 Å². The van der Waals surface area contributed by atoms with Crippen LogP contribution < -0.4 is 0 Å². The Morgan fingerprint density at radius 3 is 1.00 bits per heavy atom. The van der Waals surface area contributed by atoms with E-state index in [0.717, 1.165) is 0 Å². The van der Waals surface area contributed by atoms with E-state index in [1.54, 1.807) is 0 Å². The van der Waals surface area contributed by atoms with E-state index in [1.165, 1.54) is 0 Å². The molecule has 0 aliphatic carbocycles. The number of hydrogen-bond donors (Lipinski definition) is 0. The van der Waals surface area contributed by atoms with Gasteiger partial charge in [-0.15, -0.1) is 11.4 Å². The van der Waals surface area contributed by atoms with Gasteiger partial charge in [-0.05, 0) is 0 Å². The summed E-state index contributed by atoms with van der Waals surface area (Å²) in [4.78, 5) is 0. The summed E-state index contributed by atoms with van der Waals surface area (Å²) in [5.74, 6) is 0. The maximum absolute atomic E-state index is 8.52. The first kappa shape index (κ1) is 23.4. The third kappa shape index (κ3) is 225. The summed E-state index contributed by atoms with van der Waals surface area (Å²) < 4.78 is 59.4. The van der Waals surface area contributed by atoms with E-state index in [1.807, 2.05) is 0 Å². The van der Waals surface area contributed by atoms with Crippen molar-refractivity contribution >= 4 is 97.2 Å². The summed E-state index contributed by atoms with van der Waals surface area (Å²) in [6.07, 6.45) is 0. The minimum absolute atomic E-state index is 0. The van der Waals surface area contributed by atoms with Gasteiger partial charge in [0, 0.05) is 10.4 Å². The molecule has 0 aromatic carbocycles. The zero-order valence-corrected chi connectivity index (χ0v) is 11.1. The summed E-state index contributed by atoms with van der Waals surface area (Å²) in [6.45, 7) is 0. The summed E-state index contributed by atoms with van der Waals surface area (Å²) in [5, 5.41) is 0. The molecule has 0 aromatic heterocycles. The van der Waals surface area contributed by atoms with Crippen molar-refractivity contribution in [3.8, 4) is 0 Å². The summed E-state index contributed by atoms with van der Waals surface area (Å²) in [7, 11) is -5.17. The molecule has 0 atom stereocenters. The fourth-order valence-electron chi connectivity index (χ4n) is 0. The molecule has 0 rings (SSSR count). The normalized spacial score (nSPS) is 8.45. The van der Waals surface area contributed by atoms with Crippen LogP contribution in [0.1, 0.15) is 0 Å². The molecular weight excluding hydrogens is 256 g/mol. The molecule has 58 valence electrons. The first-order chi connectivity index (χ1) is 3.73. The van der Waals surface area contributed by atoms with Gasteiger partial charge in [0.1, 0.15) is 0 Å². The van der Waals surface area contributed by atoms with Crippen molar-refractivity contribution in [1.29, 1.82) is 0 Å². The van der Waals surface area contributed by atoms with Crippen LogP contribution in [0, 0.1) is 0 Å². The van der Waals surface area contributed by atoms with Gasteiger partial charge in [0.25, 0.3) is 0 Å².